The first-order valence-electron chi connectivity index (χ1n) is 7.24. The van der Waals surface area contributed by atoms with Crippen LogP contribution in [0.25, 0.3) is 0 Å². The molecule has 0 N–H and O–H groups in total. The lowest BCUT2D eigenvalue weighted by atomic mass is 9.90. The zero-order chi connectivity index (χ0) is 16.5. The van der Waals surface area contributed by atoms with Gasteiger partial charge in [-0.25, -0.2) is 0 Å². The largest absolute Gasteiger partial charge is 0.469 e. The monoisotopic (exact) mass is 306 g/mol. The van der Waals surface area contributed by atoms with Gasteiger partial charge in [0.05, 0.1) is 20.0 Å². The number of hydrogen-bond donors (Lipinski definition) is 0. The molecule has 1 rings (SSSR count). The number of rotatable bonds is 8. The molecule has 0 heterocycles. The summed E-state index contributed by atoms with van der Waals surface area (Å²) in [6.45, 7) is 3.63. The number of benzene rings is 1. The predicted molar refractivity (Wildman–Crippen MR) is 80.8 cm³/mol. The molecule has 0 saturated carbocycles. The van der Waals surface area contributed by atoms with Gasteiger partial charge in [-0.15, -0.1) is 0 Å². The molecule has 0 fully saturated rings. The summed E-state index contributed by atoms with van der Waals surface area (Å²) in [7, 11) is 1.26. The lowest BCUT2D eigenvalue weighted by Gasteiger charge is -2.16. The van der Waals surface area contributed by atoms with Crippen LogP contribution in [-0.4, -0.2) is 24.8 Å². The van der Waals surface area contributed by atoms with Gasteiger partial charge in [0.2, 0.25) is 0 Å². The van der Waals surface area contributed by atoms with Crippen LogP contribution < -0.4 is 0 Å². The van der Waals surface area contributed by atoms with Crippen LogP contribution in [0, 0.1) is 11.8 Å². The van der Waals surface area contributed by atoms with E-state index in [-0.39, 0.29) is 31.1 Å². The van der Waals surface area contributed by atoms with Gasteiger partial charge in [0, 0.05) is 11.8 Å². The first-order valence-corrected chi connectivity index (χ1v) is 7.24. The Hall–Kier alpha value is -2.17. The maximum absolute atomic E-state index is 12.1. The summed E-state index contributed by atoms with van der Waals surface area (Å²) in [5, 5.41) is 0. The fourth-order valence-electron chi connectivity index (χ4n) is 2.03. The summed E-state index contributed by atoms with van der Waals surface area (Å²) >= 11 is 0. The molecule has 1 aromatic rings. The van der Waals surface area contributed by atoms with Crippen molar-refractivity contribution in [2.75, 3.05) is 7.11 Å². The number of carbonyl (C=O) groups is 3. The molecule has 120 valence electrons. The van der Waals surface area contributed by atoms with Gasteiger partial charge >= 0.3 is 11.9 Å². The van der Waals surface area contributed by atoms with E-state index in [1.807, 2.05) is 30.3 Å². The van der Waals surface area contributed by atoms with Crippen molar-refractivity contribution in [3.05, 3.63) is 35.9 Å². The fourth-order valence-corrected chi connectivity index (χ4v) is 2.03. The highest BCUT2D eigenvalue weighted by Crippen LogP contribution is 2.17. The number of hydrogen-bond acceptors (Lipinski definition) is 5. The molecule has 0 spiro atoms. The molecule has 0 aliphatic heterocycles. The Bertz CT molecular complexity index is 507. The fraction of sp³-hybridized carbons (Fsp3) is 0.471. The topological polar surface area (TPSA) is 69.7 Å². The molecule has 0 aliphatic carbocycles. The third kappa shape index (κ3) is 6.08. The second-order valence-corrected chi connectivity index (χ2v) is 5.38. The third-order valence-corrected chi connectivity index (χ3v) is 3.27. The van der Waals surface area contributed by atoms with E-state index in [1.165, 1.54) is 7.11 Å². The standard InChI is InChI=1S/C17H22O5/c1-12(2)17(20)14(9-15(18)21-3)10-16(19)22-11-13-7-5-4-6-8-13/h4-8,12,14H,9-11H2,1-3H3/t14-/m0/s1. The molecule has 0 amide bonds. The summed E-state index contributed by atoms with van der Waals surface area (Å²) in [5.41, 5.74) is 0.871. The molecule has 22 heavy (non-hydrogen) atoms. The Balaban J connectivity index is 2.58. The average Bonchev–Trinajstić information content (AvgIpc) is 2.52. The average molecular weight is 306 g/mol. The zero-order valence-electron chi connectivity index (χ0n) is 13.2. The van der Waals surface area contributed by atoms with Gasteiger partial charge in [0.15, 0.2) is 0 Å². The van der Waals surface area contributed by atoms with Crippen molar-refractivity contribution in [2.24, 2.45) is 11.8 Å². The van der Waals surface area contributed by atoms with Crippen molar-refractivity contribution in [3.8, 4) is 0 Å². The zero-order valence-corrected chi connectivity index (χ0v) is 13.2. The van der Waals surface area contributed by atoms with E-state index >= 15 is 0 Å². The minimum absolute atomic E-state index is 0.103. The van der Waals surface area contributed by atoms with Gasteiger partial charge in [-0.05, 0) is 5.56 Å². The number of ketones is 1. The van der Waals surface area contributed by atoms with Gasteiger partial charge in [-0.1, -0.05) is 44.2 Å². The van der Waals surface area contributed by atoms with Crippen LogP contribution in [-0.2, 0) is 30.5 Å². The second-order valence-electron chi connectivity index (χ2n) is 5.38. The Labute approximate surface area is 130 Å². The maximum Gasteiger partial charge on any atom is 0.306 e. The number of methoxy groups -OCH3 is 1. The van der Waals surface area contributed by atoms with Crippen molar-refractivity contribution >= 4 is 17.7 Å². The van der Waals surface area contributed by atoms with E-state index < -0.39 is 17.9 Å². The van der Waals surface area contributed by atoms with E-state index in [1.54, 1.807) is 13.8 Å². The molecule has 5 nitrogen and oxygen atoms in total. The van der Waals surface area contributed by atoms with Gasteiger partial charge in [0.25, 0.3) is 0 Å². The van der Waals surface area contributed by atoms with Crippen molar-refractivity contribution in [2.45, 2.75) is 33.3 Å². The normalized spacial score (nSPS) is 11.8. The smallest absolute Gasteiger partial charge is 0.306 e. The second kappa shape index (κ2) is 8.97. The SMILES string of the molecule is COC(=O)C[C@@H](CC(=O)OCc1ccccc1)C(=O)C(C)C. The predicted octanol–water partition coefficient (Wildman–Crippen LogP) is 2.52. The van der Waals surface area contributed by atoms with Crippen LogP contribution in [0.3, 0.4) is 0 Å². The highest BCUT2D eigenvalue weighted by Gasteiger charge is 2.27. The van der Waals surface area contributed by atoms with E-state index in [4.69, 9.17) is 4.74 Å². The molecule has 0 unspecified atom stereocenters. The number of Topliss-reactive ketones (excluding diaryl/α,β-unsaturated/α-hetero) is 1. The lowest BCUT2D eigenvalue weighted by molar-refractivity contribution is -0.150. The van der Waals surface area contributed by atoms with Crippen molar-refractivity contribution in [1.29, 1.82) is 0 Å². The van der Waals surface area contributed by atoms with Crippen molar-refractivity contribution < 1.29 is 23.9 Å². The van der Waals surface area contributed by atoms with Gasteiger partial charge in [0.1, 0.15) is 12.4 Å². The molecule has 0 bridgehead atoms. The molecule has 0 radical (unpaired) electrons. The number of carbonyl (C=O) groups excluding carboxylic acids is 3. The van der Waals surface area contributed by atoms with Crippen LogP contribution in [0.15, 0.2) is 30.3 Å². The third-order valence-electron chi connectivity index (χ3n) is 3.27. The van der Waals surface area contributed by atoms with Crippen LogP contribution in [0.1, 0.15) is 32.3 Å². The highest BCUT2D eigenvalue weighted by atomic mass is 16.5. The van der Waals surface area contributed by atoms with Crippen LogP contribution in [0.4, 0.5) is 0 Å². The van der Waals surface area contributed by atoms with Crippen molar-refractivity contribution in [3.63, 3.8) is 0 Å². The van der Waals surface area contributed by atoms with Gasteiger partial charge in [-0.2, -0.15) is 0 Å². The first kappa shape index (κ1) is 17.9. The van der Waals surface area contributed by atoms with Crippen LogP contribution in [0.2, 0.25) is 0 Å². The van der Waals surface area contributed by atoms with E-state index in [9.17, 15) is 14.4 Å². The quantitative estimate of drug-likeness (QED) is 0.690. The highest BCUT2D eigenvalue weighted by molar-refractivity contribution is 5.89. The summed E-state index contributed by atoms with van der Waals surface area (Å²) in [5.74, 6) is -2.09. The van der Waals surface area contributed by atoms with Gasteiger partial charge < -0.3 is 9.47 Å². The number of esters is 2. The Morgan fingerprint density at radius 1 is 1.00 bits per heavy atom. The first-order chi connectivity index (χ1) is 10.4. The molecular formula is C17H22O5. The lowest BCUT2D eigenvalue weighted by Crippen LogP contribution is -2.26. The van der Waals surface area contributed by atoms with E-state index in [0.29, 0.717) is 0 Å². The van der Waals surface area contributed by atoms with Crippen LogP contribution in [0.5, 0.6) is 0 Å². The summed E-state index contributed by atoms with van der Waals surface area (Å²) < 4.78 is 9.74. The summed E-state index contributed by atoms with van der Waals surface area (Å²) in [6, 6.07) is 9.27. The van der Waals surface area contributed by atoms with E-state index in [0.717, 1.165) is 5.56 Å². The summed E-state index contributed by atoms with van der Waals surface area (Å²) in [6.07, 6.45) is -0.215. The minimum Gasteiger partial charge on any atom is -0.469 e. The number of ether oxygens (including phenoxy) is 2. The molecule has 5 heteroatoms. The minimum atomic E-state index is -0.698. The van der Waals surface area contributed by atoms with Gasteiger partial charge in [-0.3, -0.25) is 14.4 Å². The molecule has 1 aromatic carbocycles. The maximum atomic E-state index is 12.1. The van der Waals surface area contributed by atoms with Crippen molar-refractivity contribution in [1.82, 2.24) is 0 Å². The summed E-state index contributed by atoms with van der Waals surface area (Å²) in [4.78, 5) is 35.4. The molecular weight excluding hydrogens is 284 g/mol. The Morgan fingerprint density at radius 3 is 2.14 bits per heavy atom. The van der Waals surface area contributed by atoms with E-state index in [2.05, 4.69) is 4.74 Å². The molecule has 0 aromatic heterocycles. The Kier molecular flexibility index (Phi) is 7.29. The molecule has 0 saturated heterocycles. The van der Waals surface area contributed by atoms with Crippen LogP contribution >= 0.6 is 0 Å². The molecule has 0 aliphatic rings. The Morgan fingerprint density at radius 2 is 1.59 bits per heavy atom. The molecule has 1 atom stereocenters.